The van der Waals surface area contributed by atoms with Crippen molar-refractivity contribution in [3.63, 3.8) is 0 Å². The molecule has 0 heterocycles. The average molecular weight is 259 g/mol. The van der Waals surface area contributed by atoms with Crippen LogP contribution in [0.2, 0.25) is 0 Å². The molecule has 3 rings (SSSR count). The predicted octanol–water partition coefficient (Wildman–Crippen LogP) is 5.07. The fraction of sp³-hybridized carbons (Fsp3) is 0.105. The van der Waals surface area contributed by atoms with Crippen LogP contribution < -0.4 is 0 Å². The summed E-state index contributed by atoms with van der Waals surface area (Å²) in [6, 6.07) is 17.1. The van der Waals surface area contributed by atoms with Gasteiger partial charge in [-0.05, 0) is 34.0 Å². The fourth-order valence-corrected chi connectivity index (χ4v) is 2.81. The first kappa shape index (κ1) is 12.6. The summed E-state index contributed by atoms with van der Waals surface area (Å²) in [5.74, 6) is 0. The summed E-state index contributed by atoms with van der Waals surface area (Å²) < 4.78 is 0. The Kier molecular flexibility index (Phi) is 3.34. The second-order valence-corrected chi connectivity index (χ2v) is 4.81. The molecule has 1 heteroatoms. The molecule has 0 aromatic heterocycles. The smallest absolute Gasteiger partial charge is 0.0293 e. The van der Waals surface area contributed by atoms with Gasteiger partial charge in [-0.1, -0.05) is 60.7 Å². The van der Waals surface area contributed by atoms with Crippen LogP contribution >= 0.6 is 0 Å². The molecule has 0 bridgehead atoms. The third-order valence-electron chi connectivity index (χ3n) is 3.61. The fourth-order valence-electron chi connectivity index (χ4n) is 2.81. The molecule has 0 saturated carbocycles. The lowest BCUT2D eigenvalue weighted by Crippen LogP contribution is -1.93. The Balaban J connectivity index is 2.61. The average Bonchev–Trinajstić information content (AvgIpc) is 2.51. The van der Waals surface area contributed by atoms with Crippen LogP contribution in [0.1, 0.15) is 18.1 Å². The summed E-state index contributed by atoms with van der Waals surface area (Å²) >= 11 is 0. The highest BCUT2D eigenvalue weighted by molar-refractivity contribution is 6.18. The minimum absolute atomic E-state index is 1.19. The van der Waals surface area contributed by atoms with Crippen molar-refractivity contribution < 1.29 is 0 Å². The Hall–Kier alpha value is -2.41. The van der Waals surface area contributed by atoms with E-state index in [-0.39, 0.29) is 0 Å². The van der Waals surface area contributed by atoms with Crippen molar-refractivity contribution in [2.24, 2.45) is 4.99 Å². The van der Waals surface area contributed by atoms with Crippen molar-refractivity contribution in [3.8, 4) is 0 Å². The van der Waals surface area contributed by atoms with Gasteiger partial charge in [0.15, 0.2) is 0 Å². The van der Waals surface area contributed by atoms with Crippen molar-refractivity contribution in [1.82, 2.24) is 0 Å². The molecular weight excluding hydrogens is 242 g/mol. The van der Waals surface area contributed by atoms with Crippen LogP contribution in [0.4, 0.5) is 0 Å². The maximum Gasteiger partial charge on any atom is 0.0293 e. The van der Waals surface area contributed by atoms with Crippen LogP contribution in [-0.4, -0.2) is 13.3 Å². The Morgan fingerprint density at radius 3 is 1.75 bits per heavy atom. The molecule has 0 unspecified atom stereocenters. The number of nitrogens with zero attached hydrogens (tertiary/aromatic N) is 1. The zero-order chi connectivity index (χ0) is 13.9. The van der Waals surface area contributed by atoms with Gasteiger partial charge in [-0.2, -0.15) is 0 Å². The highest BCUT2D eigenvalue weighted by Crippen LogP contribution is 2.32. The molecule has 0 atom stereocenters. The Morgan fingerprint density at radius 1 is 0.750 bits per heavy atom. The molecular formula is C19H17N. The largest absolute Gasteiger partial charge is 0.296 e. The molecule has 20 heavy (non-hydrogen) atoms. The number of hydrogen-bond donors (Lipinski definition) is 0. The van der Waals surface area contributed by atoms with E-state index >= 15 is 0 Å². The van der Waals surface area contributed by atoms with Gasteiger partial charge in [0.05, 0.1) is 0 Å². The second-order valence-electron chi connectivity index (χ2n) is 4.81. The van der Waals surface area contributed by atoms with E-state index in [0.717, 1.165) is 0 Å². The van der Waals surface area contributed by atoms with Gasteiger partial charge in [0.2, 0.25) is 0 Å². The molecule has 3 aromatic carbocycles. The van der Waals surface area contributed by atoms with Gasteiger partial charge in [0.25, 0.3) is 0 Å². The number of fused-ring (bicyclic) bond motifs is 3. The first-order valence-corrected chi connectivity index (χ1v) is 6.85. The highest BCUT2D eigenvalue weighted by atomic mass is 14.6. The van der Waals surface area contributed by atoms with Gasteiger partial charge in [-0.25, -0.2) is 0 Å². The molecule has 0 saturated heterocycles. The standard InChI is InChI=1S/C19H17N/c1-3-8-14-15-9-4-5-10-16(15)17-11-6-7-12-18(17)19(14)13-20-2/h3-13H,1-2H3/b8-3+,20-13-. The number of rotatable bonds is 2. The summed E-state index contributed by atoms with van der Waals surface area (Å²) in [6.07, 6.45) is 6.22. The van der Waals surface area contributed by atoms with Crippen molar-refractivity contribution in [2.75, 3.05) is 7.05 Å². The molecule has 0 aliphatic rings. The highest BCUT2D eigenvalue weighted by Gasteiger charge is 2.10. The maximum atomic E-state index is 4.25. The molecule has 0 radical (unpaired) electrons. The molecule has 0 spiro atoms. The number of hydrogen-bond acceptors (Lipinski definition) is 1. The number of allylic oxidation sites excluding steroid dienone is 1. The summed E-state index contributed by atoms with van der Waals surface area (Å²) in [4.78, 5) is 4.25. The quantitative estimate of drug-likeness (QED) is 0.450. The molecule has 0 fully saturated rings. The van der Waals surface area contributed by atoms with Crippen LogP contribution in [0.5, 0.6) is 0 Å². The van der Waals surface area contributed by atoms with Gasteiger partial charge >= 0.3 is 0 Å². The second kappa shape index (κ2) is 5.30. The van der Waals surface area contributed by atoms with Crippen LogP contribution in [0.25, 0.3) is 27.6 Å². The monoisotopic (exact) mass is 259 g/mol. The molecule has 3 aromatic rings. The maximum absolute atomic E-state index is 4.25. The first-order chi connectivity index (χ1) is 9.86. The van der Waals surface area contributed by atoms with E-state index in [1.54, 1.807) is 0 Å². The van der Waals surface area contributed by atoms with Crippen LogP contribution in [0.15, 0.2) is 59.6 Å². The van der Waals surface area contributed by atoms with Gasteiger partial charge in [0.1, 0.15) is 0 Å². The van der Waals surface area contributed by atoms with E-state index in [2.05, 4.69) is 72.6 Å². The van der Waals surface area contributed by atoms with Crippen LogP contribution in [0.3, 0.4) is 0 Å². The van der Waals surface area contributed by atoms with Gasteiger partial charge < -0.3 is 0 Å². The van der Waals surface area contributed by atoms with E-state index in [4.69, 9.17) is 0 Å². The third-order valence-corrected chi connectivity index (χ3v) is 3.61. The van der Waals surface area contributed by atoms with E-state index in [1.165, 1.54) is 32.7 Å². The number of benzene rings is 3. The zero-order valence-electron chi connectivity index (χ0n) is 11.8. The molecule has 0 aliphatic heterocycles. The van der Waals surface area contributed by atoms with E-state index in [0.29, 0.717) is 0 Å². The minimum atomic E-state index is 1.19. The third kappa shape index (κ3) is 1.92. The van der Waals surface area contributed by atoms with Gasteiger partial charge in [0, 0.05) is 18.8 Å². The first-order valence-electron chi connectivity index (χ1n) is 6.85. The topological polar surface area (TPSA) is 12.4 Å². The molecule has 0 amide bonds. The van der Waals surface area contributed by atoms with E-state index < -0.39 is 0 Å². The Bertz CT molecular complexity index is 755. The van der Waals surface area contributed by atoms with Crippen molar-refractivity contribution in [1.29, 1.82) is 0 Å². The van der Waals surface area contributed by atoms with Crippen molar-refractivity contribution >= 4 is 33.8 Å². The summed E-state index contributed by atoms with van der Waals surface area (Å²) in [5.41, 5.74) is 2.44. The molecule has 1 nitrogen and oxygen atoms in total. The Labute approximate surface area is 119 Å². The van der Waals surface area contributed by atoms with Crippen LogP contribution in [-0.2, 0) is 0 Å². The van der Waals surface area contributed by atoms with E-state index in [9.17, 15) is 0 Å². The summed E-state index contributed by atoms with van der Waals surface area (Å²) in [7, 11) is 1.82. The zero-order valence-corrected chi connectivity index (χ0v) is 11.8. The summed E-state index contributed by atoms with van der Waals surface area (Å²) in [5, 5.41) is 5.11. The molecule has 0 aliphatic carbocycles. The van der Waals surface area contributed by atoms with Crippen molar-refractivity contribution in [2.45, 2.75) is 6.92 Å². The Morgan fingerprint density at radius 2 is 1.25 bits per heavy atom. The summed E-state index contributed by atoms with van der Waals surface area (Å²) in [6.45, 7) is 2.05. The number of aliphatic imine (C=N–C) groups is 1. The lowest BCUT2D eigenvalue weighted by Gasteiger charge is -2.12. The minimum Gasteiger partial charge on any atom is -0.296 e. The lowest BCUT2D eigenvalue weighted by molar-refractivity contribution is 1.47. The predicted molar refractivity (Wildman–Crippen MR) is 89.7 cm³/mol. The van der Waals surface area contributed by atoms with E-state index in [1.807, 2.05) is 13.3 Å². The molecule has 98 valence electrons. The van der Waals surface area contributed by atoms with Crippen molar-refractivity contribution in [3.05, 3.63) is 65.7 Å². The SMILES string of the molecule is C/C=C/c1c(/C=N\C)c2ccccc2c2ccccc12. The van der Waals surface area contributed by atoms with Gasteiger partial charge in [-0.15, -0.1) is 0 Å². The van der Waals surface area contributed by atoms with Crippen LogP contribution in [0, 0.1) is 0 Å². The van der Waals surface area contributed by atoms with Gasteiger partial charge in [-0.3, -0.25) is 4.99 Å². The molecule has 0 N–H and O–H groups in total. The lowest BCUT2D eigenvalue weighted by atomic mass is 9.92. The normalized spacial score (nSPS) is 12.1.